The van der Waals surface area contributed by atoms with Crippen molar-refractivity contribution in [1.29, 1.82) is 0 Å². The van der Waals surface area contributed by atoms with Gasteiger partial charge in [0, 0.05) is 0 Å². The molecule has 0 radical (unpaired) electrons. The van der Waals surface area contributed by atoms with Crippen LogP contribution in [0.2, 0.25) is 0 Å². The van der Waals surface area contributed by atoms with Crippen molar-refractivity contribution in [3.63, 3.8) is 0 Å². The summed E-state index contributed by atoms with van der Waals surface area (Å²) in [5.41, 5.74) is 1.27. The van der Waals surface area contributed by atoms with Crippen molar-refractivity contribution < 1.29 is 9.84 Å². The molecule has 0 saturated heterocycles. The average molecular weight is 250 g/mol. The Labute approximate surface area is 111 Å². The Kier molecular flexibility index (Phi) is 7.51. The average Bonchev–Trinajstić information content (AvgIpc) is 2.42. The van der Waals surface area contributed by atoms with Gasteiger partial charge < -0.3 is 9.84 Å². The van der Waals surface area contributed by atoms with Gasteiger partial charge in [-0.3, -0.25) is 0 Å². The molecule has 1 N–H and O–H groups in total. The molecule has 0 fully saturated rings. The first-order valence-corrected chi connectivity index (χ1v) is 7.07. The number of hydrogen-bond donors (Lipinski definition) is 1. The second kappa shape index (κ2) is 8.98. The fourth-order valence-corrected chi connectivity index (χ4v) is 2.08. The van der Waals surface area contributed by atoms with E-state index in [0.717, 1.165) is 31.4 Å². The van der Waals surface area contributed by atoms with E-state index in [-0.39, 0.29) is 6.10 Å². The highest BCUT2D eigenvalue weighted by Gasteiger charge is 2.04. The molecule has 1 unspecified atom stereocenters. The summed E-state index contributed by atoms with van der Waals surface area (Å²) in [6, 6.07) is 8.09. The monoisotopic (exact) mass is 250 g/mol. The zero-order valence-electron chi connectivity index (χ0n) is 11.7. The Bertz CT molecular complexity index is 305. The molecule has 0 heterocycles. The minimum Gasteiger partial charge on any atom is -0.497 e. The van der Waals surface area contributed by atoms with Gasteiger partial charge in [0.1, 0.15) is 5.75 Å². The number of aryl methyl sites for hydroxylation is 1. The van der Waals surface area contributed by atoms with Gasteiger partial charge in [0.25, 0.3) is 0 Å². The van der Waals surface area contributed by atoms with Crippen molar-refractivity contribution in [2.75, 3.05) is 7.11 Å². The van der Waals surface area contributed by atoms with Gasteiger partial charge in [-0.25, -0.2) is 0 Å². The minimum atomic E-state index is -0.149. The van der Waals surface area contributed by atoms with Gasteiger partial charge in [0.15, 0.2) is 0 Å². The van der Waals surface area contributed by atoms with Crippen LogP contribution in [0.15, 0.2) is 24.3 Å². The second-order valence-corrected chi connectivity index (χ2v) is 4.89. The SMILES string of the molecule is CCCCCCC(O)CCc1ccc(OC)cc1. The Morgan fingerprint density at radius 1 is 1.06 bits per heavy atom. The summed E-state index contributed by atoms with van der Waals surface area (Å²) < 4.78 is 5.12. The number of ether oxygens (including phenoxy) is 1. The van der Waals surface area contributed by atoms with E-state index >= 15 is 0 Å². The number of methoxy groups -OCH3 is 1. The number of aliphatic hydroxyl groups is 1. The molecule has 18 heavy (non-hydrogen) atoms. The maximum Gasteiger partial charge on any atom is 0.118 e. The summed E-state index contributed by atoms with van der Waals surface area (Å²) in [5.74, 6) is 0.888. The number of rotatable bonds is 9. The lowest BCUT2D eigenvalue weighted by atomic mass is 10.0. The highest BCUT2D eigenvalue weighted by molar-refractivity contribution is 5.27. The molecule has 102 valence electrons. The normalized spacial score (nSPS) is 12.4. The van der Waals surface area contributed by atoms with Crippen molar-refractivity contribution in [2.24, 2.45) is 0 Å². The van der Waals surface area contributed by atoms with E-state index in [1.807, 2.05) is 12.1 Å². The number of benzene rings is 1. The largest absolute Gasteiger partial charge is 0.497 e. The molecule has 1 aromatic rings. The summed E-state index contributed by atoms with van der Waals surface area (Å²) in [6.45, 7) is 2.21. The molecule has 0 spiro atoms. The Morgan fingerprint density at radius 2 is 1.78 bits per heavy atom. The maximum atomic E-state index is 9.89. The molecule has 0 saturated carbocycles. The van der Waals surface area contributed by atoms with Gasteiger partial charge in [-0.05, 0) is 37.0 Å². The molecular formula is C16H26O2. The molecule has 0 aliphatic heterocycles. The maximum absolute atomic E-state index is 9.89. The van der Waals surface area contributed by atoms with Crippen LogP contribution in [0.3, 0.4) is 0 Å². The number of aliphatic hydroxyl groups excluding tert-OH is 1. The van der Waals surface area contributed by atoms with Crippen molar-refractivity contribution in [3.8, 4) is 5.75 Å². The molecule has 1 rings (SSSR count). The van der Waals surface area contributed by atoms with Gasteiger partial charge >= 0.3 is 0 Å². The van der Waals surface area contributed by atoms with Crippen LogP contribution in [-0.4, -0.2) is 18.3 Å². The quantitative estimate of drug-likeness (QED) is 0.672. The lowest BCUT2D eigenvalue weighted by Crippen LogP contribution is -2.07. The summed E-state index contributed by atoms with van der Waals surface area (Å²) in [7, 11) is 1.68. The highest BCUT2D eigenvalue weighted by Crippen LogP contribution is 2.15. The van der Waals surface area contributed by atoms with E-state index in [1.54, 1.807) is 7.11 Å². The van der Waals surface area contributed by atoms with E-state index in [4.69, 9.17) is 4.74 Å². The molecule has 0 aliphatic carbocycles. The highest BCUT2D eigenvalue weighted by atomic mass is 16.5. The zero-order chi connectivity index (χ0) is 13.2. The third-order valence-electron chi connectivity index (χ3n) is 3.32. The molecule has 1 aromatic carbocycles. The minimum absolute atomic E-state index is 0.149. The summed E-state index contributed by atoms with van der Waals surface area (Å²) in [5, 5.41) is 9.89. The van der Waals surface area contributed by atoms with E-state index in [0.29, 0.717) is 0 Å². The van der Waals surface area contributed by atoms with Crippen LogP contribution in [0, 0.1) is 0 Å². The van der Waals surface area contributed by atoms with Crippen LogP contribution in [0.5, 0.6) is 5.75 Å². The molecule has 0 aromatic heterocycles. The van der Waals surface area contributed by atoms with E-state index in [2.05, 4.69) is 19.1 Å². The van der Waals surface area contributed by atoms with Crippen LogP contribution in [-0.2, 0) is 6.42 Å². The molecule has 1 atom stereocenters. The van der Waals surface area contributed by atoms with Crippen LogP contribution in [0.1, 0.15) is 51.0 Å². The summed E-state index contributed by atoms with van der Waals surface area (Å²) >= 11 is 0. The lowest BCUT2D eigenvalue weighted by molar-refractivity contribution is 0.151. The third-order valence-corrected chi connectivity index (χ3v) is 3.32. The smallest absolute Gasteiger partial charge is 0.118 e. The number of hydrogen-bond acceptors (Lipinski definition) is 2. The predicted octanol–water partition coefficient (Wildman–Crippen LogP) is 3.96. The van der Waals surface area contributed by atoms with Gasteiger partial charge in [-0.15, -0.1) is 0 Å². The van der Waals surface area contributed by atoms with Crippen molar-refractivity contribution in [3.05, 3.63) is 29.8 Å². The third kappa shape index (κ3) is 6.06. The molecular weight excluding hydrogens is 224 g/mol. The first-order valence-electron chi connectivity index (χ1n) is 7.07. The van der Waals surface area contributed by atoms with Crippen LogP contribution >= 0.6 is 0 Å². The number of unbranched alkanes of at least 4 members (excludes halogenated alkanes) is 3. The van der Waals surface area contributed by atoms with Crippen LogP contribution in [0.25, 0.3) is 0 Å². The van der Waals surface area contributed by atoms with Crippen LogP contribution < -0.4 is 4.74 Å². The zero-order valence-corrected chi connectivity index (χ0v) is 11.7. The van der Waals surface area contributed by atoms with E-state index in [1.165, 1.54) is 24.8 Å². The topological polar surface area (TPSA) is 29.5 Å². The van der Waals surface area contributed by atoms with Crippen molar-refractivity contribution in [1.82, 2.24) is 0 Å². The fraction of sp³-hybridized carbons (Fsp3) is 0.625. The van der Waals surface area contributed by atoms with Gasteiger partial charge in [0.2, 0.25) is 0 Å². The summed E-state index contributed by atoms with van der Waals surface area (Å²) in [4.78, 5) is 0. The standard InChI is InChI=1S/C16H26O2/c1-3-4-5-6-7-15(17)11-8-14-9-12-16(18-2)13-10-14/h9-10,12-13,15,17H,3-8,11H2,1-2H3. The van der Waals surface area contributed by atoms with E-state index < -0.39 is 0 Å². The fourth-order valence-electron chi connectivity index (χ4n) is 2.08. The first-order chi connectivity index (χ1) is 8.76. The van der Waals surface area contributed by atoms with Crippen molar-refractivity contribution in [2.45, 2.75) is 58.0 Å². The molecule has 0 aliphatic rings. The summed E-state index contributed by atoms with van der Waals surface area (Å²) in [6.07, 6.45) is 7.53. The van der Waals surface area contributed by atoms with Gasteiger partial charge in [-0.2, -0.15) is 0 Å². The Morgan fingerprint density at radius 3 is 2.39 bits per heavy atom. The predicted molar refractivity (Wildman–Crippen MR) is 76.1 cm³/mol. The van der Waals surface area contributed by atoms with Crippen LogP contribution in [0.4, 0.5) is 0 Å². The van der Waals surface area contributed by atoms with Crippen molar-refractivity contribution >= 4 is 0 Å². The second-order valence-electron chi connectivity index (χ2n) is 4.89. The first kappa shape index (κ1) is 15.0. The molecule has 0 amide bonds. The van der Waals surface area contributed by atoms with E-state index in [9.17, 15) is 5.11 Å². The van der Waals surface area contributed by atoms with Gasteiger partial charge in [0.05, 0.1) is 13.2 Å². The molecule has 2 nitrogen and oxygen atoms in total. The lowest BCUT2D eigenvalue weighted by Gasteiger charge is -2.10. The molecule has 0 bridgehead atoms. The molecule has 2 heteroatoms. The Balaban J connectivity index is 2.18. The van der Waals surface area contributed by atoms with Gasteiger partial charge in [-0.1, -0.05) is 44.7 Å². The Hall–Kier alpha value is -1.02.